The molecule has 19 heavy (non-hydrogen) atoms. The van der Waals surface area contributed by atoms with Crippen LogP contribution in [0.1, 0.15) is 4.88 Å². The van der Waals surface area contributed by atoms with Gasteiger partial charge < -0.3 is 5.32 Å². The van der Waals surface area contributed by atoms with Gasteiger partial charge in [-0.05, 0) is 31.2 Å². The number of nitrogens with zero attached hydrogens (tertiary/aromatic N) is 2. The van der Waals surface area contributed by atoms with Gasteiger partial charge in [0, 0.05) is 23.4 Å². The van der Waals surface area contributed by atoms with Gasteiger partial charge in [0.15, 0.2) is 5.82 Å². The average Bonchev–Trinajstić information content (AvgIpc) is 2.83. The number of nitrogens with one attached hydrogen (secondary N) is 1. The summed E-state index contributed by atoms with van der Waals surface area (Å²) < 4.78 is 13.3. The van der Waals surface area contributed by atoms with Crippen LogP contribution in [0.4, 0.5) is 10.2 Å². The molecule has 0 aliphatic carbocycles. The third kappa shape index (κ3) is 2.17. The van der Waals surface area contributed by atoms with E-state index in [1.54, 1.807) is 24.5 Å². The number of aromatic nitrogens is 2. The number of anilines is 1. The van der Waals surface area contributed by atoms with Crippen molar-refractivity contribution in [3.63, 3.8) is 0 Å². The Morgan fingerprint density at radius 3 is 2.68 bits per heavy atom. The monoisotopic (exact) mass is 273 g/mol. The maximum atomic E-state index is 13.3. The molecule has 2 heterocycles. The van der Waals surface area contributed by atoms with Gasteiger partial charge in [-0.15, -0.1) is 11.3 Å². The molecule has 0 saturated heterocycles. The summed E-state index contributed by atoms with van der Waals surface area (Å²) in [6, 6.07) is 8.56. The first-order valence-electron chi connectivity index (χ1n) is 5.89. The van der Waals surface area contributed by atoms with Crippen molar-refractivity contribution in [1.29, 1.82) is 0 Å². The minimum absolute atomic E-state index is 0.290. The predicted molar refractivity (Wildman–Crippen MR) is 77.1 cm³/mol. The molecule has 0 aliphatic heterocycles. The lowest BCUT2D eigenvalue weighted by Gasteiger charge is -2.07. The largest absolute Gasteiger partial charge is 0.373 e. The van der Waals surface area contributed by atoms with Crippen LogP contribution in [0.25, 0.3) is 21.6 Å². The Hall–Kier alpha value is -2.01. The minimum atomic E-state index is -0.290. The zero-order valence-corrected chi connectivity index (χ0v) is 11.4. The summed E-state index contributed by atoms with van der Waals surface area (Å²) in [5, 5.41) is 3.86. The van der Waals surface area contributed by atoms with E-state index in [4.69, 9.17) is 0 Å². The number of hydrogen-bond acceptors (Lipinski definition) is 4. The molecule has 0 aliphatic rings. The fraction of sp³-hybridized carbons (Fsp3) is 0.143. The highest BCUT2D eigenvalue weighted by molar-refractivity contribution is 7.15. The van der Waals surface area contributed by atoms with Crippen LogP contribution < -0.4 is 5.32 Å². The van der Waals surface area contributed by atoms with Crippen molar-refractivity contribution in [1.82, 2.24) is 9.97 Å². The van der Waals surface area contributed by atoms with Gasteiger partial charge in [0.1, 0.15) is 11.6 Å². The first-order chi connectivity index (χ1) is 9.17. The summed E-state index contributed by atoms with van der Waals surface area (Å²) >= 11 is 1.63. The molecular formula is C14H12FN3S. The Morgan fingerprint density at radius 1 is 1.16 bits per heavy atom. The molecule has 1 N–H and O–H groups in total. The number of benzene rings is 1. The van der Waals surface area contributed by atoms with Crippen LogP contribution in [0.15, 0.2) is 30.3 Å². The van der Waals surface area contributed by atoms with Gasteiger partial charge in [0.2, 0.25) is 0 Å². The average molecular weight is 273 g/mol. The zero-order chi connectivity index (χ0) is 13.4. The summed E-state index contributed by atoms with van der Waals surface area (Å²) in [4.78, 5) is 11.1. The molecule has 0 saturated carbocycles. The molecular weight excluding hydrogens is 261 g/mol. The van der Waals surface area contributed by atoms with Crippen molar-refractivity contribution in [2.75, 3.05) is 12.4 Å². The van der Waals surface area contributed by atoms with Crippen molar-refractivity contribution in [3.05, 3.63) is 41.0 Å². The number of fused-ring (bicyclic) bond motifs is 1. The van der Waals surface area contributed by atoms with E-state index in [1.165, 1.54) is 17.0 Å². The summed E-state index contributed by atoms with van der Waals surface area (Å²) in [7, 11) is 1.80. The molecule has 0 amide bonds. The van der Waals surface area contributed by atoms with Crippen LogP contribution >= 0.6 is 11.3 Å². The molecule has 1 aromatic carbocycles. The van der Waals surface area contributed by atoms with E-state index in [1.807, 2.05) is 19.1 Å². The third-order valence-corrected chi connectivity index (χ3v) is 3.85. The van der Waals surface area contributed by atoms with Crippen molar-refractivity contribution in [2.24, 2.45) is 0 Å². The number of aryl methyl sites for hydroxylation is 1. The van der Waals surface area contributed by atoms with E-state index in [2.05, 4.69) is 15.3 Å². The van der Waals surface area contributed by atoms with Crippen LogP contribution in [0.5, 0.6) is 0 Å². The Balaban J connectivity index is 2.26. The normalized spacial score (nSPS) is 10.9. The van der Waals surface area contributed by atoms with Crippen molar-refractivity contribution in [2.45, 2.75) is 6.92 Å². The van der Waals surface area contributed by atoms with E-state index >= 15 is 0 Å². The molecule has 3 rings (SSSR count). The number of rotatable bonds is 2. The van der Waals surface area contributed by atoms with Gasteiger partial charge in [-0.3, -0.25) is 0 Å². The Bertz CT molecular complexity index is 752. The van der Waals surface area contributed by atoms with Gasteiger partial charge in [-0.1, -0.05) is 0 Å². The standard InChI is InChI=1S/C14H12FN3S/c1-8-3-6-12(19-8)14-17-11-7-9(15)4-5-10(11)13(16-2)18-14/h3-7H,1-2H3,(H,16,17,18). The van der Waals surface area contributed by atoms with E-state index < -0.39 is 0 Å². The van der Waals surface area contributed by atoms with Gasteiger partial charge in [0.05, 0.1) is 10.4 Å². The second-order valence-corrected chi connectivity index (χ2v) is 5.51. The van der Waals surface area contributed by atoms with Crippen molar-refractivity contribution in [3.8, 4) is 10.7 Å². The van der Waals surface area contributed by atoms with E-state index in [0.29, 0.717) is 17.2 Å². The lowest BCUT2D eigenvalue weighted by molar-refractivity contribution is 0.629. The summed E-state index contributed by atoms with van der Waals surface area (Å²) in [5.41, 5.74) is 0.611. The SMILES string of the molecule is CNc1nc(-c2ccc(C)s2)nc2cc(F)ccc12. The van der Waals surface area contributed by atoms with Crippen LogP contribution in [0.3, 0.4) is 0 Å². The number of thiophene rings is 1. The molecule has 5 heteroatoms. The first-order valence-corrected chi connectivity index (χ1v) is 6.71. The number of hydrogen-bond donors (Lipinski definition) is 1. The van der Waals surface area contributed by atoms with Crippen LogP contribution in [0.2, 0.25) is 0 Å². The lowest BCUT2D eigenvalue weighted by Crippen LogP contribution is -1.98. The molecule has 0 unspecified atom stereocenters. The Morgan fingerprint density at radius 2 is 2.00 bits per heavy atom. The van der Waals surface area contributed by atoms with Crippen LogP contribution in [-0.4, -0.2) is 17.0 Å². The molecule has 0 radical (unpaired) electrons. The second kappa shape index (κ2) is 4.59. The second-order valence-electron chi connectivity index (χ2n) is 4.22. The molecule has 0 bridgehead atoms. The Labute approximate surface area is 114 Å². The quantitative estimate of drug-likeness (QED) is 0.770. The van der Waals surface area contributed by atoms with E-state index in [-0.39, 0.29) is 5.82 Å². The van der Waals surface area contributed by atoms with Gasteiger partial charge >= 0.3 is 0 Å². The molecule has 3 nitrogen and oxygen atoms in total. The summed E-state index contributed by atoms with van der Waals surface area (Å²) in [6.45, 7) is 2.04. The Kier molecular flexibility index (Phi) is 2.91. The van der Waals surface area contributed by atoms with Crippen LogP contribution in [0, 0.1) is 12.7 Å². The first kappa shape index (κ1) is 12.0. The maximum absolute atomic E-state index is 13.3. The highest BCUT2D eigenvalue weighted by Gasteiger charge is 2.10. The molecule has 96 valence electrons. The minimum Gasteiger partial charge on any atom is -0.373 e. The van der Waals surface area contributed by atoms with E-state index in [0.717, 1.165) is 10.3 Å². The number of halogens is 1. The fourth-order valence-corrected chi connectivity index (χ4v) is 2.76. The maximum Gasteiger partial charge on any atom is 0.172 e. The van der Waals surface area contributed by atoms with Crippen molar-refractivity contribution < 1.29 is 4.39 Å². The molecule has 0 fully saturated rings. The highest BCUT2D eigenvalue weighted by atomic mass is 32.1. The summed E-state index contributed by atoms with van der Waals surface area (Å²) in [5.74, 6) is 1.05. The predicted octanol–water partition coefficient (Wildman–Crippen LogP) is 3.85. The third-order valence-electron chi connectivity index (χ3n) is 2.86. The molecule has 2 aromatic heterocycles. The molecule has 0 atom stereocenters. The van der Waals surface area contributed by atoms with Crippen LogP contribution in [-0.2, 0) is 0 Å². The van der Waals surface area contributed by atoms with Gasteiger partial charge in [-0.25, -0.2) is 14.4 Å². The van der Waals surface area contributed by atoms with Gasteiger partial charge in [-0.2, -0.15) is 0 Å². The van der Waals surface area contributed by atoms with E-state index in [9.17, 15) is 4.39 Å². The summed E-state index contributed by atoms with van der Waals surface area (Å²) in [6.07, 6.45) is 0. The fourth-order valence-electron chi connectivity index (χ4n) is 1.96. The highest BCUT2D eigenvalue weighted by Crippen LogP contribution is 2.29. The topological polar surface area (TPSA) is 37.8 Å². The van der Waals surface area contributed by atoms with Gasteiger partial charge in [0.25, 0.3) is 0 Å². The zero-order valence-electron chi connectivity index (χ0n) is 10.6. The smallest absolute Gasteiger partial charge is 0.172 e. The van der Waals surface area contributed by atoms with Crippen molar-refractivity contribution >= 4 is 28.1 Å². The molecule has 0 spiro atoms. The molecule has 3 aromatic rings. The lowest BCUT2D eigenvalue weighted by atomic mass is 10.2.